The molecule has 10 nitrogen and oxygen atoms in total. The molecule has 0 spiro atoms. The highest BCUT2D eigenvalue weighted by Crippen LogP contribution is 2.15. The van der Waals surface area contributed by atoms with E-state index in [-0.39, 0.29) is 61.1 Å². The van der Waals surface area contributed by atoms with E-state index in [1.54, 1.807) is 11.9 Å². The second kappa shape index (κ2) is 10.7. The lowest BCUT2D eigenvalue weighted by Crippen LogP contribution is -2.53. The summed E-state index contributed by atoms with van der Waals surface area (Å²) < 4.78 is 5.44. The zero-order valence-electron chi connectivity index (χ0n) is 16.9. The Morgan fingerprint density at radius 3 is 2.64 bits per heavy atom. The summed E-state index contributed by atoms with van der Waals surface area (Å²) in [5.74, 6) is 0.336. The predicted octanol–water partition coefficient (Wildman–Crippen LogP) is 0.721. The molecule has 0 radical (unpaired) electrons. The van der Waals surface area contributed by atoms with Crippen LogP contribution in [-0.2, 0) is 9.53 Å². The second-order valence-corrected chi connectivity index (χ2v) is 7.61. The van der Waals surface area contributed by atoms with Crippen LogP contribution in [0.5, 0.6) is 0 Å². The van der Waals surface area contributed by atoms with Crippen molar-refractivity contribution in [3.05, 3.63) is 0 Å². The largest absolute Gasteiger partial charge is 0.444 e. The number of piperidine rings is 1. The van der Waals surface area contributed by atoms with Gasteiger partial charge in [0.25, 0.3) is 0 Å². The van der Waals surface area contributed by atoms with Crippen LogP contribution in [0.2, 0.25) is 0 Å². The van der Waals surface area contributed by atoms with Crippen LogP contribution < -0.4 is 16.0 Å². The minimum Gasteiger partial charge on any atom is -0.444 e. The Morgan fingerprint density at radius 2 is 2.07 bits per heavy atom. The Hall–Kier alpha value is -1.79. The first kappa shape index (κ1) is 24.2. The number of ether oxygens (including phenoxy) is 1. The lowest BCUT2D eigenvalue weighted by atomic mass is 10.1. The van der Waals surface area contributed by atoms with Gasteiger partial charge in [-0.2, -0.15) is 0 Å². The molecular formula is C17H31IN6O4. The van der Waals surface area contributed by atoms with Crippen molar-refractivity contribution in [2.75, 3.05) is 39.8 Å². The van der Waals surface area contributed by atoms with E-state index in [1.165, 1.54) is 4.90 Å². The number of halogens is 1. The second-order valence-electron chi connectivity index (χ2n) is 7.61. The average Bonchev–Trinajstić information content (AvgIpc) is 2.91. The monoisotopic (exact) mass is 510 g/mol. The van der Waals surface area contributed by atoms with Gasteiger partial charge in [-0.05, 0) is 33.6 Å². The number of hydrogen-bond donors (Lipinski definition) is 3. The first-order valence-corrected chi connectivity index (χ1v) is 9.23. The van der Waals surface area contributed by atoms with E-state index in [0.29, 0.717) is 25.6 Å². The standard InChI is InChI=1S/C17H30N6O4.HI/c1-17(2,3)27-16(26)22-8-5-6-12(11-22)21-14(18-4)19-7-9-23-13(24)10-20-15(23)25;/h12H,5-11H2,1-4H3,(H,20,25)(H2,18,19,21);1H. The Bertz CT molecular complexity index is 591. The third-order valence-corrected chi connectivity index (χ3v) is 4.20. The van der Waals surface area contributed by atoms with E-state index in [9.17, 15) is 14.4 Å². The summed E-state index contributed by atoms with van der Waals surface area (Å²) in [5.41, 5.74) is -0.519. The maximum atomic E-state index is 12.2. The number of rotatable bonds is 4. The van der Waals surface area contributed by atoms with Gasteiger partial charge in [0, 0.05) is 39.3 Å². The number of guanidine groups is 1. The number of carbonyl (C=O) groups excluding carboxylic acids is 3. The molecule has 2 saturated heterocycles. The molecule has 0 bridgehead atoms. The van der Waals surface area contributed by atoms with Crippen LogP contribution in [0.1, 0.15) is 33.6 Å². The zero-order valence-corrected chi connectivity index (χ0v) is 19.2. The first-order valence-electron chi connectivity index (χ1n) is 9.23. The number of amides is 4. The van der Waals surface area contributed by atoms with Crippen LogP contribution in [0.4, 0.5) is 9.59 Å². The third kappa shape index (κ3) is 7.32. The molecule has 4 amide bonds. The highest BCUT2D eigenvalue weighted by atomic mass is 127. The van der Waals surface area contributed by atoms with E-state index in [4.69, 9.17) is 4.74 Å². The number of urea groups is 1. The molecule has 2 heterocycles. The molecule has 0 saturated carbocycles. The molecule has 1 unspecified atom stereocenters. The van der Waals surface area contributed by atoms with Crippen molar-refractivity contribution in [1.29, 1.82) is 0 Å². The van der Waals surface area contributed by atoms with Crippen LogP contribution in [0.15, 0.2) is 4.99 Å². The summed E-state index contributed by atoms with van der Waals surface area (Å²) in [4.78, 5) is 42.4. The molecule has 0 aromatic rings. The molecule has 2 aliphatic heterocycles. The average molecular weight is 510 g/mol. The minimum absolute atomic E-state index is 0. The number of carbonyl (C=O) groups is 3. The van der Waals surface area contributed by atoms with Gasteiger partial charge in [-0.25, -0.2) is 9.59 Å². The Morgan fingerprint density at radius 1 is 1.36 bits per heavy atom. The lowest BCUT2D eigenvalue weighted by molar-refractivity contribution is -0.124. The van der Waals surface area contributed by atoms with E-state index in [1.807, 2.05) is 20.8 Å². The molecule has 160 valence electrons. The third-order valence-electron chi connectivity index (χ3n) is 4.20. The number of nitrogens with one attached hydrogen (secondary N) is 3. The summed E-state index contributed by atoms with van der Waals surface area (Å²) in [6.45, 7) is 7.45. The fourth-order valence-electron chi connectivity index (χ4n) is 2.94. The fraction of sp³-hybridized carbons (Fsp3) is 0.765. The van der Waals surface area contributed by atoms with Crippen LogP contribution in [0.3, 0.4) is 0 Å². The van der Waals surface area contributed by atoms with Crippen molar-refractivity contribution in [3.63, 3.8) is 0 Å². The quantitative estimate of drug-likeness (QED) is 0.222. The Labute approximate surface area is 182 Å². The highest BCUT2D eigenvalue weighted by Gasteiger charge is 2.29. The summed E-state index contributed by atoms with van der Waals surface area (Å²) in [6.07, 6.45) is 1.47. The van der Waals surface area contributed by atoms with Crippen molar-refractivity contribution in [2.45, 2.75) is 45.3 Å². The van der Waals surface area contributed by atoms with Gasteiger partial charge in [-0.3, -0.25) is 14.7 Å². The molecule has 28 heavy (non-hydrogen) atoms. The van der Waals surface area contributed by atoms with Crippen LogP contribution in [0.25, 0.3) is 0 Å². The maximum absolute atomic E-state index is 12.2. The Balaban J connectivity index is 0.00000392. The zero-order chi connectivity index (χ0) is 20.0. The van der Waals surface area contributed by atoms with Crippen molar-refractivity contribution in [3.8, 4) is 0 Å². The van der Waals surface area contributed by atoms with Gasteiger partial charge in [-0.1, -0.05) is 0 Å². The van der Waals surface area contributed by atoms with E-state index < -0.39 is 5.60 Å². The molecule has 3 N–H and O–H groups in total. The van der Waals surface area contributed by atoms with Crippen molar-refractivity contribution >= 4 is 48.0 Å². The van der Waals surface area contributed by atoms with Crippen LogP contribution in [-0.4, -0.2) is 85.2 Å². The summed E-state index contributed by atoms with van der Waals surface area (Å²) in [6, 6.07) is -0.320. The number of imide groups is 1. The molecule has 0 aromatic heterocycles. The maximum Gasteiger partial charge on any atom is 0.410 e. The number of likely N-dealkylation sites (tertiary alicyclic amines) is 1. The van der Waals surface area contributed by atoms with Crippen molar-refractivity contribution in [1.82, 2.24) is 25.8 Å². The molecule has 0 aliphatic carbocycles. The predicted molar refractivity (Wildman–Crippen MR) is 116 cm³/mol. The molecule has 2 aliphatic rings. The first-order chi connectivity index (χ1) is 12.7. The molecule has 1 atom stereocenters. The van der Waals surface area contributed by atoms with Gasteiger partial charge < -0.3 is 25.6 Å². The topological polar surface area (TPSA) is 115 Å². The van der Waals surface area contributed by atoms with E-state index in [0.717, 1.165) is 12.8 Å². The van der Waals surface area contributed by atoms with Gasteiger partial charge in [-0.15, -0.1) is 24.0 Å². The van der Waals surface area contributed by atoms with Gasteiger partial charge in [0.1, 0.15) is 5.60 Å². The van der Waals surface area contributed by atoms with Gasteiger partial charge in [0.15, 0.2) is 5.96 Å². The summed E-state index contributed by atoms with van der Waals surface area (Å²) in [7, 11) is 1.65. The molecule has 11 heteroatoms. The van der Waals surface area contributed by atoms with Crippen LogP contribution in [0, 0.1) is 0 Å². The SMILES string of the molecule is CN=C(NCCN1C(=O)CNC1=O)NC1CCCN(C(=O)OC(C)(C)C)C1.I. The van der Waals surface area contributed by atoms with Gasteiger partial charge >= 0.3 is 12.1 Å². The summed E-state index contributed by atoms with van der Waals surface area (Å²) in [5, 5.41) is 8.87. The molecule has 0 aromatic carbocycles. The molecule has 2 rings (SSSR count). The molecule has 2 fully saturated rings. The van der Waals surface area contributed by atoms with Gasteiger partial charge in [0.2, 0.25) is 5.91 Å². The van der Waals surface area contributed by atoms with Crippen molar-refractivity contribution in [2.24, 2.45) is 4.99 Å². The number of nitrogens with zero attached hydrogens (tertiary/aromatic N) is 3. The smallest absolute Gasteiger partial charge is 0.410 e. The lowest BCUT2D eigenvalue weighted by Gasteiger charge is -2.35. The van der Waals surface area contributed by atoms with E-state index >= 15 is 0 Å². The number of hydrogen-bond acceptors (Lipinski definition) is 5. The normalized spacial score (nSPS) is 20.4. The molecular weight excluding hydrogens is 479 g/mol. The van der Waals surface area contributed by atoms with E-state index in [2.05, 4.69) is 20.9 Å². The highest BCUT2D eigenvalue weighted by molar-refractivity contribution is 14.0. The Kier molecular flexibility index (Phi) is 9.24. The van der Waals surface area contributed by atoms with Gasteiger partial charge in [0.05, 0.1) is 6.54 Å². The fourth-order valence-corrected chi connectivity index (χ4v) is 2.94. The van der Waals surface area contributed by atoms with Crippen LogP contribution >= 0.6 is 24.0 Å². The van der Waals surface area contributed by atoms with Crippen molar-refractivity contribution < 1.29 is 19.1 Å². The number of aliphatic imine (C=N–C) groups is 1. The minimum atomic E-state index is -0.519. The summed E-state index contributed by atoms with van der Waals surface area (Å²) >= 11 is 0.